The molecule has 0 radical (unpaired) electrons. The molecular weight excluding hydrogens is 216 g/mol. The fourth-order valence-electron chi connectivity index (χ4n) is 2.61. The summed E-state index contributed by atoms with van der Waals surface area (Å²) in [7, 11) is 0. The van der Waals surface area contributed by atoms with Gasteiger partial charge in [-0.2, -0.15) is 0 Å². The third-order valence-corrected chi connectivity index (χ3v) is 3.45. The van der Waals surface area contributed by atoms with Crippen molar-refractivity contribution in [2.45, 2.75) is 19.3 Å². The topological polar surface area (TPSA) is 58.0 Å². The summed E-state index contributed by atoms with van der Waals surface area (Å²) in [6.45, 7) is 2.20. The van der Waals surface area contributed by atoms with Gasteiger partial charge in [-0.15, -0.1) is 0 Å². The molecule has 1 aromatic carbocycles. The Morgan fingerprint density at radius 2 is 2.35 bits per heavy atom. The van der Waals surface area contributed by atoms with Crippen LogP contribution in [0, 0.1) is 5.92 Å². The van der Waals surface area contributed by atoms with Gasteiger partial charge in [-0.25, -0.2) is 4.79 Å². The molecule has 0 saturated carbocycles. The number of nitrogens with one attached hydrogen (secondary N) is 2. The zero-order valence-corrected chi connectivity index (χ0v) is 9.66. The van der Waals surface area contributed by atoms with Gasteiger partial charge in [-0.3, -0.25) is 4.98 Å². The minimum Gasteiger partial charge on any atom is -0.408 e. The molecule has 1 aromatic heterocycles. The first-order chi connectivity index (χ1) is 8.33. The van der Waals surface area contributed by atoms with E-state index >= 15 is 0 Å². The van der Waals surface area contributed by atoms with Crippen molar-refractivity contribution in [3.63, 3.8) is 0 Å². The molecular formula is C13H16N2O2. The number of hydrogen-bond donors (Lipinski definition) is 2. The van der Waals surface area contributed by atoms with Crippen molar-refractivity contribution in [2.24, 2.45) is 5.92 Å². The van der Waals surface area contributed by atoms with Crippen LogP contribution < -0.4 is 11.1 Å². The van der Waals surface area contributed by atoms with Gasteiger partial charge in [-0.1, -0.05) is 12.1 Å². The van der Waals surface area contributed by atoms with Gasteiger partial charge in [0, 0.05) is 0 Å². The molecule has 0 amide bonds. The summed E-state index contributed by atoms with van der Waals surface area (Å²) in [6.07, 6.45) is 3.49. The number of piperidine rings is 1. The molecule has 1 aliphatic heterocycles. The number of benzene rings is 1. The summed E-state index contributed by atoms with van der Waals surface area (Å²) in [5.41, 5.74) is 2.71. The Balaban J connectivity index is 1.91. The molecule has 1 saturated heterocycles. The third-order valence-electron chi connectivity index (χ3n) is 3.45. The number of H-pyrrole nitrogens is 1. The summed E-state index contributed by atoms with van der Waals surface area (Å²) in [5.74, 6) is 0.293. The van der Waals surface area contributed by atoms with Gasteiger partial charge in [0.1, 0.15) is 0 Å². The average Bonchev–Trinajstić information content (AvgIpc) is 2.72. The first-order valence-electron chi connectivity index (χ1n) is 6.14. The first-order valence-corrected chi connectivity index (χ1v) is 6.14. The van der Waals surface area contributed by atoms with E-state index in [0.717, 1.165) is 25.0 Å². The highest BCUT2D eigenvalue weighted by Gasteiger charge is 2.15. The number of aromatic nitrogens is 1. The smallest absolute Gasteiger partial charge is 0.408 e. The Labute approximate surface area is 99.0 Å². The second-order valence-electron chi connectivity index (χ2n) is 4.72. The van der Waals surface area contributed by atoms with Crippen LogP contribution in [0.5, 0.6) is 0 Å². The predicted molar refractivity (Wildman–Crippen MR) is 66.1 cm³/mol. The van der Waals surface area contributed by atoms with Gasteiger partial charge in [0.2, 0.25) is 0 Å². The van der Waals surface area contributed by atoms with Crippen LogP contribution in [0.25, 0.3) is 11.1 Å². The number of oxazole rings is 1. The second-order valence-corrected chi connectivity index (χ2v) is 4.72. The first kappa shape index (κ1) is 10.6. The Morgan fingerprint density at radius 3 is 3.18 bits per heavy atom. The summed E-state index contributed by atoms with van der Waals surface area (Å²) >= 11 is 0. The summed E-state index contributed by atoms with van der Waals surface area (Å²) in [5, 5.41) is 3.41. The van der Waals surface area contributed by atoms with Crippen molar-refractivity contribution < 1.29 is 4.42 Å². The lowest BCUT2D eigenvalue weighted by molar-refractivity contribution is 0.376. The highest BCUT2D eigenvalue weighted by atomic mass is 16.4. The number of aromatic amines is 1. The average molecular weight is 232 g/mol. The fraction of sp³-hybridized carbons (Fsp3) is 0.462. The van der Waals surface area contributed by atoms with Crippen LogP contribution >= 0.6 is 0 Å². The normalized spacial score (nSPS) is 20.8. The summed E-state index contributed by atoms with van der Waals surface area (Å²) < 4.78 is 5.07. The van der Waals surface area contributed by atoms with Crippen LogP contribution in [0.3, 0.4) is 0 Å². The van der Waals surface area contributed by atoms with E-state index in [0.29, 0.717) is 11.5 Å². The minimum atomic E-state index is -0.366. The molecule has 2 N–H and O–H groups in total. The lowest BCUT2D eigenvalue weighted by atomic mass is 9.92. The monoisotopic (exact) mass is 232 g/mol. The van der Waals surface area contributed by atoms with Crippen LogP contribution in [-0.4, -0.2) is 18.1 Å². The molecule has 90 valence electrons. The Morgan fingerprint density at radius 1 is 1.41 bits per heavy atom. The molecule has 3 rings (SSSR count). The predicted octanol–water partition coefficient (Wildman–Crippen LogP) is 1.66. The van der Waals surface area contributed by atoms with Crippen LogP contribution in [-0.2, 0) is 6.42 Å². The Bertz CT molecular complexity index is 564. The fourth-order valence-corrected chi connectivity index (χ4v) is 2.61. The van der Waals surface area contributed by atoms with Crippen molar-refractivity contribution in [1.82, 2.24) is 10.3 Å². The molecule has 0 bridgehead atoms. The zero-order chi connectivity index (χ0) is 11.7. The standard InChI is InChI=1S/C13H16N2O2/c16-13-15-12-10(4-1-5-11(12)17-13)7-9-3-2-6-14-8-9/h1,4-5,9,14H,2-3,6-8H2,(H,15,16). The van der Waals surface area contributed by atoms with Gasteiger partial charge < -0.3 is 9.73 Å². The zero-order valence-electron chi connectivity index (χ0n) is 9.66. The molecule has 4 heteroatoms. The van der Waals surface area contributed by atoms with E-state index in [2.05, 4.69) is 16.4 Å². The molecule has 0 spiro atoms. The third kappa shape index (κ3) is 2.13. The summed E-state index contributed by atoms with van der Waals surface area (Å²) in [4.78, 5) is 14.0. The van der Waals surface area contributed by atoms with Crippen molar-refractivity contribution >= 4 is 11.1 Å². The molecule has 1 unspecified atom stereocenters. The van der Waals surface area contributed by atoms with E-state index in [1.54, 1.807) is 0 Å². The minimum absolute atomic E-state index is 0.366. The maximum atomic E-state index is 11.2. The van der Waals surface area contributed by atoms with Crippen molar-refractivity contribution in [1.29, 1.82) is 0 Å². The maximum absolute atomic E-state index is 11.2. The van der Waals surface area contributed by atoms with Crippen LogP contribution in [0.2, 0.25) is 0 Å². The van der Waals surface area contributed by atoms with E-state index in [9.17, 15) is 4.79 Å². The number of para-hydroxylation sites is 1. The van der Waals surface area contributed by atoms with Crippen molar-refractivity contribution in [2.75, 3.05) is 13.1 Å². The quantitative estimate of drug-likeness (QED) is 0.828. The molecule has 2 aromatic rings. The van der Waals surface area contributed by atoms with Gasteiger partial charge in [0.25, 0.3) is 0 Å². The molecule has 0 aliphatic carbocycles. The number of fused-ring (bicyclic) bond motifs is 1. The van der Waals surface area contributed by atoms with Gasteiger partial charge in [0.15, 0.2) is 5.58 Å². The van der Waals surface area contributed by atoms with Crippen molar-refractivity contribution in [3.05, 3.63) is 34.3 Å². The molecule has 4 nitrogen and oxygen atoms in total. The van der Waals surface area contributed by atoms with E-state index in [-0.39, 0.29) is 5.76 Å². The highest BCUT2D eigenvalue weighted by molar-refractivity contribution is 5.76. The van der Waals surface area contributed by atoms with E-state index in [1.165, 1.54) is 18.4 Å². The number of rotatable bonds is 2. The molecule has 17 heavy (non-hydrogen) atoms. The molecule has 1 aliphatic rings. The number of hydrogen-bond acceptors (Lipinski definition) is 3. The van der Waals surface area contributed by atoms with Crippen LogP contribution in [0.15, 0.2) is 27.4 Å². The van der Waals surface area contributed by atoms with E-state index in [1.807, 2.05) is 12.1 Å². The van der Waals surface area contributed by atoms with E-state index in [4.69, 9.17) is 4.42 Å². The molecule has 1 atom stereocenters. The van der Waals surface area contributed by atoms with Gasteiger partial charge >= 0.3 is 5.76 Å². The lowest BCUT2D eigenvalue weighted by Gasteiger charge is -2.22. The highest BCUT2D eigenvalue weighted by Crippen LogP contribution is 2.21. The Hall–Kier alpha value is -1.55. The van der Waals surface area contributed by atoms with E-state index < -0.39 is 0 Å². The SMILES string of the molecule is O=c1[nH]c2c(CC3CCCNC3)cccc2o1. The lowest BCUT2D eigenvalue weighted by Crippen LogP contribution is -2.30. The van der Waals surface area contributed by atoms with Crippen LogP contribution in [0.4, 0.5) is 0 Å². The van der Waals surface area contributed by atoms with Gasteiger partial charge in [-0.05, 0) is 49.9 Å². The molecule has 2 heterocycles. The maximum Gasteiger partial charge on any atom is 0.417 e. The molecule has 1 fully saturated rings. The van der Waals surface area contributed by atoms with Crippen LogP contribution in [0.1, 0.15) is 18.4 Å². The van der Waals surface area contributed by atoms with Crippen molar-refractivity contribution in [3.8, 4) is 0 Å². The largest absolute Gasteiger partial charge is 0.417 e. The Kier molecular flexibility index (Phi) is 2.73. The van der Waals surface area contributed by atoms with Gasteiger partial charge in [0.05, 0.1) is 5.52 Å². The summed E-state index contributed by atoms with van der Waals surface area (Å²) in [6, 6.07) is 5.85. The second kappa shape index (κ2) is 4.37.